The number of benzene rings is 2. The van der Waals surface area contributed by atoms with Crippen molar-refractivity contribution < 1.29 is 9.53 Å². The van der Waals surface area contributed by atoms with E-state index in [2.05, 4.69) is 20.9 Å². The van der Waals surface area contributed by atoms with Crippen LogP contribution in [-0.4, -0.2) is 33.1 Å². The highest BCUT2D eigenvalue weighted by atomic mass is 35.5. The second kappa shape index (κ2) is 8.57. The van der Waals surface area contributed by atoms with Crippen molar-refractivity contribution in [1.29, 1.82) is 0 Å². The van der Waals surface area contributed by atoms with E-state index in [1.807, 2.05) is 61.0 Å². The zero-order chi connectivity index (χ0) is 21.3. The molecule has 2 atom stereocenters. The third-order valence-corrected chi connectivity index (χ3v) is 6.53. The Morgan fingerprint density at radius 1 is 1.30 bits per heavy atom. The van der Waals surface area contributed by atoms with Crippen LogP contribution in [0.4, 0.5) is 5.69 Å². The van der Waals surface area contributed by atoms with Gasteiger partial charge in [0, 0.05) is 12.1 Å². The fourth-order valence-electron chi connectivity index (χ4n) is 3.37. The largest absolute Gasteiger partial charge is 0.495 e. The Morgan fingerprint density at radius 2 is 2.10 bits per heavy atom. The van der Waals surface area contributed by atoms with Gasteiger partial charge < -0.3 is 15.5 Å². The molecule has 0 saturated carbocycles. The summed E-state index contributed by atoms with van der Waals surface area (Å²) in [6.45, 7) is 3.98. The van der Waals surface area contributed by atoms with E-state index in [0.717, 1.165) is 29.1 Å². The van der Waals surface area contributed by atoms with Crippen molar-refractivity contribution in [2.24, 2.45) is 0 Å². The van der Waals surface area contributed by atoms with Crippen LogP contribution >= 0.6 is 23.4 Å². The first-order valence-corrected chi connectivity index (χ1v) is 10.8. The summed E-state index contributed by atoms with van der Waals surface area (Å²) >= 11 is 7.76. The zero-order valence-electron chi connectivity index (χ0n) is 16.8. The number of nitrogens with one attached hydrogen (secondary N) is 2. The molecule has 2 heterocycles. The normalized spacial score (nSPS) is 17.7. The van der Waals surface area contributed by atoms with Crippen LogP contribution in [0.3, 0.4) is 0 Å². The van der Waals surface area contributed by atoms with Crippen LogP contribution in [0.15, 0.2) is 47.6 Å². The number of aromatic nitrogens is 3. The number of thioether (sulfide) groups is 1. The minimum Gasteiger partial charge on any atom is -0.495 e. The number of para-hydroxylation sites is 1. The van der Waals surface area contributed by atoms with Gasteiger partial charge in [0.05, 0.1) is 18.2 Å². The fraction of sp³-hybridized carbons (Fsp3) is 0.286. The average Bonchev–Trinajstić information content (AvgIpc) is 3.16. The number of carbonyl (C=O) groups excluding carboxylic acids is 1. The lowest BCUT2D eigenvalue weighted by Crippen LogP contribution is -2.41. The molecule has 1 aromatic heterocycles. The van der Waals surface area contributed by atoms with Crippen LogP contribution in [-0.2, 0) is 11.2 Å². The molecule has 0 spiro atoms. The molecular weight excluding hydrogens is 422 g/mol. The summed E-state index contributed by atoms with van der Waals surface area (Å²) in [6, 6.07) is 12.9. The van der Waals surface area contributed by atoms with Crippen molar-refractivity contribution >= 4 is 35.0 Å². The van der Waals surface area contributed by atoms with Gasteiger partial charge in [-0.3, -0.25) is 4.79 Å². The molecule has 0 radical (unpaired) electrons. The van der Waals surface area contributed by atoms with Gasteiger partial charge in [-0.1, -0.05) is 54.6 Å². The second-order valence-corrected chi connectivity index (χ2v) is 8.45. The Labute approximate surface area is 184 Å². The summed E-state index contributed by atoms with van der Waals surface area (Å²) in [7, 11) is 1.57. The van der Waals surface area contributed by atoms with Gasteiger partial charge in [-0.15, -0.1) is 10.2 Å². The number of halogens is 1. The topological polar surface area (TPSA) is 81.1 Å². The molecule has 7 nitrogen and oxygen atoms in total. The Kier molecular flexibility index (Phi) is 5.87. The van der Waals surface area contributed by atoms with E-state index in [4.69, 9.17) is 16.3 Å². The minimum absolute atomic E-state index is 0.119. The highest BCUT2D eigenvalue weighted by Gasteiger charge is 2.38. The summed E-state index contributed by atoms with van der Waals surface area (Å²) in [6.07, 6.45) is 0.719. The van der Waals surface area contributed by atoms with Gasteiger partial charge in [0.25, 0.3) is 0 Å². The number of ether oxygens (including phenoxy) is 1. The molecule has 2 N–H and O–H groups in total. The first kappa shape index (κ1) is 20.6. The third kappa shape index (κ3) is 3.85. The molecule has 0 unspecified atom stereocenters. The lowest BCUT2D eigenvalue weighted by molar-refractivity contribution is -0.116. The molecule has 2 aromatic carbocycles. The number of amides is 1. The first-order valence-electron chi connectivity index (χ1n) is 9.59. The highest BCUT2D eigenvalue weighted by molar-refractivity contribution is 8.00. The van der Waals surface area contributed by atoms with Gasteiger partial charge in [-0.2, -0.15) is 0 Å². The molecule has 1 amide bonds. The van der Waals surface area contributed by atoms with Gasteiger partial charge in [0.2, 0.25) is 11.1 Å². The van der Waals surface area contributed by atoms with Gasteiger partial charge in [-0.05, 0) is 36.2 Å². The Bertz CT molecular complexity index is 1090. The Hall–Kier alpha value is -2.71. The number of fused-ring (bicyclic) bond motifs is 1. The predicted octanol–water partition coefficient (Wildman–Crippen LogP) is 4.21. The van der Waals surface area contributed by atoms with Crippen LogP contribution in [0.25, 0.3) is 0 Å². The van der Waals surface area contributed by atoms with Crippen LogP contribution in [0.5, 0.6) is 5.75 Å². The van der Waals surface area contributed by atoms with Crippen molar-refractivity contribution in [3.05, 3.63) is 64.4 Å². The van der Waals surface area contributed by atoms with Crippen molar-refractivity contribution in [1.82, 2.24) is 14.9 Å². The first-order chi connectivity index (χ1) is 14.5. The van der Waals surface area contributed by atoms with E-state index < -0.39 is 5.25 Å². The van der Waals surface area contributed by atoms with Crippen molar-refractivity contribution in [2.75, 3.05) is 17.9 Å². The molecule has 9 heteroatoms. The average molecular weight is 444 g/mol. The van der Waals surface area contributed by atoms with Gasteiger partial charge in [-0.25, -0.2) is 4.68 Å². The van der Waals surface area contributed by atoms with E-state index in [-0.39, 0.29) is 11.9 Å². The standard InChI is InChI=1S/C21H22ClN5O2S/c1-4-17-24-25-21-27(17)26-18(13-9-10-16(29-3)14(22)11-13)19(30-21)20(28)23-15-8-6-5-7-12(15)2/h5-11,18-19,26H,4H2,1-3H3,(H,23,28)/t18-,19+/m1/s1. The summed E-state index contributed by atoms with van der Waals surface area (Å²) < 4.78 is 7.12. The second-order valence-electron chi connectivity index (χ2n) is 6.93. The number of methoxy groups -OCH3 is 1. The molecule has 1 aliphatic rings. The molecule has 0 aliphatic carbocycles. The fourth-order valence-corrected chi connectivity index (χ4v) is 4.74. The molecule has 0 saturated heterocycles. The molecule has 0 fully saturated rings. The van der Waals surface area contributed by atoms with Gasteiger partial charge >= 0.3 is 0 Å². The van der Waals surface area contributed by atoms with Crippen LogP contribution in [0.1, 0.15) is 29.9 Å². The molecule has 0 bridgehead atoms. The molecule has 1 aliphatic heterocycles. The summed E-state index contributed by atoms with van der Waals surface area (Å²) in [5, 5.41) is 12.2. The Morgan fingerprint density at radius 3 is 2.80 bits per heavy atom. The van der Waals surface area contributed by atoms with Crippen LogP contribution in [0.2, 0.25) is 5.02 Å². The third-order valence-electron chi connectivity index (χ3n) is 5.02. The minimum atomic E-state index is -0.476. The zero-order valence-corrected chi connectivity index (χ0v) is 18.4. The summed E-state index contributed by atoms with van der Waals surface area (Å²) in [5.74, 6) is 1.27. The molecule has 4 rings (SSSR count). The highest BCUT2D eigenvalue weighted by Crippen LogP contribution is 2.39. The van der Waals surface area contributed by atoms with Crippen LogP contribution < -0.4 is 15.5 Å². The summed E-state index contributed by atoms with van der Waals surface area (Å²) in [5.41, 5.74) is 6.08. The number of nitrogens with zero attached hydrogens (tertiary/aromatic N) is 3. The van der Waals surface area contributed by atoms with Gasteiger partial charge in [0.15, 0.2) is 5.82 Å². The van der Waals surface area contributed by atoms with E-state index in [1.54, 1.807) is 7.11 Å². The van der Waals surface area contributed by atoms with Crippen LogP contribution in [0, 0.1) is 6.92 Å². The quantitative estimate of drug-likeness (QED) is 0.614. The maximum atomic E-state index is 13.3. The lowest BCUT2D eigenvalue weighted by atomic mass is 10.0. The molecule has 30 heavy (non-hydrogen) atoms. The number of aryl methyl sites for hydroxylation is 2. The van der Waals surface area contributed by atoms with E-state index >= 15 is 0 Å². The van der Waals surface area contributed by atoms with Crippen molar-refractivity contribution in [3.63, 3.8) is 0 Å². The number of rotatable bonds is 5. The number of hydrogen-bond acceptors (Lipinski definition) is 6. The van der Waals surface area contributed by atoms with Crippen molar-refractivity contribution in [3.8, 4) is 5.75 Å². The smallest absolute Gasteiger partial charge is 0.240 e. The number of anilines is 1. The lowest BCUT2D eigenvalue weighted by Gasteiger charge is -2.33. The summed E-state index contributed by atoms with van der Waals surface area (Å²) in [4.78, 5) is 13.3. The van der Waals surface area contributed by atoms with E-state index in [9.17, 15) is 4.79 Å². The van der Waals surface area contributed by atoms with E-state index in [1.165, 1.54) is 11.8 Å². The van der Waals surface area contributed by atoms with Crippen molar-refractivity contribution in [2.45, 2.75) is 36.7 Å². The SMILES string of the molecule is CCc1nnc2n1N[C@H](c1ccc(OC)c(Cl)c1)[C@@H](C(=O)Nc1ccccc1C)S2. The maximum Gasteiger partial charge on any atom is 0.240 e. The Balaban J connectivity index is 1.70. The maximum absolute atomic E-state index is 13.3. The predicted molar refractivity (Wildman–Crippen MR) is 119 cm³/mol. The molecule has 156 valence electrons. The van der Waals surface area contributed by atoms with Gasteiger partial charge in [0.1, 0.15) is 11.0 Å². The molecular formula is C21H22ClN5O2S. The molecule has 3 aromatic rings. The monoisotopic (exact) mass is 443 g/mol. The van der Waals surface area contributed by atoms with E-state index in [0.29, 0.717) is 15.9 Å². The number of carbonyl (C=O) groups is 1. The number of hydrogen-bond donors (Lipinski definition) is 2.